The summed E-state index contributed by atoms with van der Waals surface area (Å²) < 4.78 is 23.7. The van der Waals surface area contributed by atoms with Gasteiger partial charge in [-0.15, -0.1) is 0 Å². The Labute approximate surface area is 121 Å². The van der Waals surface area contributed by atoms with Crippen molar-refractivity contribution in [3.05, 3.63) is 17.4 Å². The highest BCUT2D eigenvalue weighted by molar-refractivity contribution is 7.84. The van der Waals surface area contributed by atoms with Crippen molar-refractivity contribution < 1.29 is 13.5 Å². The smallest absolute Gasteiger partial charge is 0.399 e. The van der Waals surface area contributed by atoms with Crippen molar-refractivity contribution in [2.24, 2.45) is 0 Å². The quantitative estimate of drug-likeness (QED) is 0.617. The molecule has 0 N–H and O–H groups in total. The van der Waals surface area contributed by atoms with Crippen LogP contribution in [0.2, 0.25) is 5.15 Å². The lowest BCUT2D eigenvalue weighted by atomic mass is 9.80. The van der Waals surface area contributed by atoms with E-state index in [1.54, 1.807) is 18.5 Å². The predicted octanol–water partition coefficient (Wildman–Crippen LogP) is 1.77. The molecule has 0 aliphatic carbocycles. The molecular formula is C12H17BClNO3S. The molecule has 1 aromatic rings. The monoisotopic (exact) mass is 301 g/mol. The first-order chi connectivity index (χ1) is 8.66. The van der Waals surface area contributed by atoms with Crippen molar-refractivity contribution in [3.8, 4) is 0 Å². The van der Waals surface area contributed by atoms with Crippen LogP contribution < -0.4 is 5.46 Å². The Bertz CT molecular complexity index is 520. The maximum absolute atomic E-state index is 11.8. The van der Waals surface area contributed by atoms with E-state index in [1.807, 2.05) is 27.7 Å². The van der Waals surface area contributed by atoms with Crippen molar-refractivity contribution in [1.29, 1.82) is 0 Å². The third-order valence-corrected chi connectivity index (χ3v) is 5.09. The molecule has 1 saturated heterocycles. The van der Waals surface area contributed by atoms with Crippen LogP contribution in [0.1, 0.15) is 27.7 Å². The van der Waals surface area contributed by atoms with Crippen LogP contribution in [0.5, 0.6) is 0 Å². The fraction of sp³-hybridized carbons (Fsp3) is 0.583. The number of pyridine rings is 1. The first-order valence-corrected chi connectivity index (χ1v) is 7.93. The van der Waals surface area contributed by atoms with Gasteiger partial charge >= 0.3 is 7.12 Å². The summed E-state index contributed by atoms with van der Waals surface area (Å²) >= 11 is 6.03. The average molecular weight is 302 g/mol. The van der Waals surface area contributed by atoms with Crippen LogP contribution in [0.3, 0.4) is 0 Å². The van der Waals surface area contributed by atoms with Crippen molar-refractivity contribution in [3.63, 3.8) is 0 Å². The fourth-order valence-corrected chi connectivity index (χ4v) is 3.15. The van der Waals surface area contributed by atoms with Gasteiger partial charge in [0.2, 0.25) is 0 Å². The lowest BCUT2D eigenvalue weighted by molar-refractivity contribution is 0.00578. The molecule has 7 heteroatoms. The highest BCUT2D eigenvalue weighted by Gasteiger charge is 2.52. The standard InChI is InChI=1S/C12H17BClNO3S/c1-11(2)12(3,4)18-13(17-11)8-6-7-15-10(14)9(8)19(5)16/h6-7H,1-5H3. The van der Waals surface area contributed by atoms with Crippen LogP contribution in [0.25, 0.3) is 0 Å². The van der Waals surface area contributed by atoms with Gasteiger partial charge in [0.15, 0.2) is 0 Å². The SMILES string of the molecule is CS(=O)c1c(B2OC(C)(C)C(C)(C)O2)ccnc1Cl. The molecule has 0 amide bonds. The molecule has 2 heterocycles. The number of hydrogen-bond donors (Lipinski definition) is 0. The van der Waals surface area contributed by atoms with Crippen LogP contribution in [0, 0.1) is 0 Å². The van der Waals surface area contributed by atoms with E-state index in [2.05, 4.69) is 4.98 Å². The predicted molar refractivity (Wildman–Crippen MR) is 77.3 cm³/mol. The molecule has 1 atom stereocenters. The van der Waals surface area contributed by atoms with Gasteiger partial charge < -0.3 is 9.31 Å². The zero-order valence-electron chi connectivity index (χ0n) is 11.7. The number of rotatable bonds is 2. The lowest BCUT2D eigenvalue weighted by Crippen LogP contribution is -2.41. The van der Waals surface area contributed by atoms with Gasteiger partial charge in [-0.25, -0.2) is 4.98 Å². The van der Waals surface area contributed by atoms with Gasteiger partial charge in [-0.3, -0.25) is 4.21 Å². The average Bonchev–Trinajstić information content (AvgIpc) is 2.47. The summed E-state index contributed by atoms with van der Waals surface area (Å²) in [5, 5.41) is 0.230. The summed E-state index contributed by atoms with van der Waals surface area (Å²) in [6.07, 6.45) is 3.14. The second-order valence-corrected chi connectivity index (χ2v) is 7.24. The van der Waals surface area contributed by atoms with Crippen molar-refractivity contribution in [1.82, 2.24) is 4.98 Å². The molecule has 0 aromatic carbocycles. The Balaban J connectivity index is 2.46. The molecule has 4 nitrogen and oxygen atoms in total. The van der Waals surface area contributed by atoms with Crippen molar-refractivity contribution in [2.45, 2.75) is 43.8 Å². The molecule has 1 aliphatic rings. The Kier molecular flexibility index (Phi) is 3.82. The zero-order valence-corrected chi connectivity index (χ0v) is 13.3. The van der Waals surface area contributed by atoms with Crippen LogP contribution in [0.4, 0.5) is 0 Å². The Morgan fingerprint density at radius 2 is 1.79 bits per heavy atom. The molecule has 104 valence electrons. The molecule has 1 aromatic heterocycles. The molecule has 0 saturated carbocycles. The van der Waals surface area contributed by atoms with E-state index in [0.29, 0.717) is 10.4 Å². The van der Waals surface area contributed by atoms with Crippen LogP contribution in [-0.2, 0) is 20.1 Å². The van der Waals surface area contributed by atoms with E-state index in [-0.39, 0.29) is 5.15 Å². The molecule has 0 bridgehead atoms. The Hall–Kier alpha value is -0.425. The zero-order chi connectivity index (χ0) is 14.4. The molecule has 1 aliphatic heterocycles. The molecular weight excluding hydrogens is 284 g/mol. The summed E-state index contributed by atoms with van der Waals surface area (Å²) in [4.78, 5) is 4.44. The minimum absolute atomic E-state index is 0.230. The third kappa shape index (κ3) is 2.59. The summed E-state index contributed by atoms with van der Waals surface area (Å²) in [6.45, 7) is 7.88. The van der Waals surface area contributed by atoms with E-state index in [0.717, 1.165) is 0 Å². The van der Waals surface area contributed by atoms with Crippen LogP contribution >= 0.6 is 11.6 Å². The first kappa shape index (κ1) is 15.0. The van der Waals surface area contributed by atoms with Gasteiger partial charge in [0.05, 0.1) is 26.9 Å². The van der Waals surface area contributed by atoms with Gasteiger partial charge in [-0.05, 0) is 33.8 Å². The van der Waals surface area contributed by atoms with E-state index in [9.17, 15) is 4.21 Å². The minimum Gasteiger partial charge on any atom is -0.399 e. The summed E-state index contributed by atoms with van der Waals surface area (Å²) in [5.74, 6) is 0. The van der Waals surface area contributed by atoms with Crippen LogP contribution in [-0.4, -0.2) is 33.8 Å². The topological polar surface area (TPSA) is 48.4 Å². The largest absolute Gasteiger partial charge is 0.496 e. The summed E-state index contributed by atoms with van der Waals surface area (Å²) in [5.41, 5.74) is -0.209. The van der Waals surface area contributed by atoms with Crippen LogP contribution in [0.15, 0.2) is 17.2 Å². The van der Waals surface area contributed by atoms with Crippen molar-refractivity contribution >= 4 is 35.0 Å². The molecule has 0 radical (unpaired) electrons. The van der Waals surface area contributed by atoms with Gasteiger partial charge in [0.25, 0.3) is 0 Å². The Morgan fingerprint density at radius 1 is 1.26 bits per heavy atom. The molecule has 1 unspecified atom stereocenters. The van der Waals surface area contributed by atoms with Crippen molar-refractivity contribution in [2.75, 3.05) is 6.26 Å². The lowest BCUT2D eigenvalue weighted by Gasteiger charge is -2.32. The second-order valence-electron chi connectivity index (χ2n) is 5.56. The maximum atomic E-state index is 11.8. The van der Waals surface area contributed by atoms with E-state index < -0.39 is 29.1 Å². The minimum atomic E-state index is -1.25. The molecule has 0 spiro atoms. The fourth-order valence-electron chi connectivity index (χ4n) is 1.88. The maximum Gasteiger partial charge on any atom is 0.496 e. The molecule has 19 heavy (non-hydrogen) atoms. The summed E-state index contributed by atoms with van der Waals surface area (Å²) in [7, 11) is -1.83. The van der Waals surface area contributed by atoms with Gasteiger partial charge in [0.1, 0.15) is 5.15 Å². The van der Waals surface area contributed by atoms with Gasteiger partial charge in [0, 0.05) is 17.9 Å². The highest BCUT2D eigenvalue weighted by atomic mass is 35.5. The number of hydrogen-bond acceptors (Lipinski definition) is 4. The number of halogens is 1. The van der Waals surface area contributed by atoms with Gasteiger partial charge in [-0.1, -0.05) is 11.6 Å². The van der Waals surface area contributed by atoms with E-state index in [1.165, 1.54) is 0 Å². The second kappa shape index (κ2) is 4.84. The van der Waals surface area contributed by atoms with E-state index in [4.69, 9.17) is 20.9 Å². The number of nitrogens with zero attached hydrogens (tertiary/aromatic N) is 1. The molecule has 2 rings (SSSR count). The highest BCUT2D eigenvalue weighted by Crippen LogP contribution is 2.37. The molecule has 1 fully saturated rings. The Morgan fingerprint density at radius 3 is 2.26 bits per heavy atom. The van der Waals surface area contributed by atoms with E-state index >= 15 is 0 Å². The first-order valence-electron chi connectivity index (χ1n) is 5.99. The number of aromatic nitrogens is 1. The normalized spacial score (nSPS) is 22.5. The summed E-state index contributed by atoms with van der Waals surface area (Å²) in [6, 6.07) is 1.74. The third-order valence-electron chi connectivity index (χ3n) is 3.69. The van der Waals surface area contributed by atoms with Gasteiger partial charge in [-0.2, -0.15) is 0 Å².